The largest absolute Gasteiger partial charge is 0.396 e. The molecule has 120 valence electrons. The SMILES string of the molecule is O=C(NCC[C@@H](CCO)c1ccsc1)c1ccc2nsnc2c1. The van der Waals surface area contributed by atoms with E-state index >= 15 is 0 Å². The van der Waals surface area contributed by atoms with Crippen LogP contribution in [0.2, 0.25) is 0 Å². The summed E-state index contributed by atoms with van der Waals surface area (Å²) < 4.78 is 8.28. The molecule has 1 amide bonds. The van der Waals surface area contributed by atoms with Gasteiger partial charge in [0.15, 0.2) is 0 Å². The van der Waals surface area contributed by atoms with Crippen molar-refractivity contribution in [3.63, 3.8) is 0 Å². The number of aromatic nitrogens is 2. The number of nitrogens with zero attached hydrogens (tertiary/aromatic N) is 2. The third-order valence-corrected chi connectivity index (χ3v) is 5.04. The molecule has 0 fully saturated rings. The van der Waals surface area contributed by atoms with Crippen molar-refractivity contribution in [1.82, 2.24) is 14.1 Å². The summed E-state index contributed by atoms with van der Waals surface area (Å²) >= 11 is 2.80. The third kappa shape index (κ3) is 3.93. The van der Waals surface area contributed by atoms with Crippen LogP contribution in [0.1, 0.15) is 34.7 Å². The van der Waals surface area contributed by atoms with E-state index in [1.165, 1.54) is 5.56 Å². The van der Waals surface area contributed by atoms with E-state index in [4.69, 9.17) is 0 Å². The van der Waals surface area contributed by atoms with E-state index in [9.17, 15) is 9.90 Å². The Labute approximate surface area is 142 Å². The van der Waals surface area contributed by atoms with Crippen LogP contribution in [0.25, 0.3) is 11.0 Å². The van der Waals surface area contributed by atoms with Gasteiger partial charge in [-0.2, -0.15) is 20.1 Å². The zero-order valence-corrected chi connectivity index (χ0v) is 14.1. The van der Waals surface area contributed by atoms with Gasteiger partial charge >= 0.3 is 0 Å². The second kappa shape index (κ2) is 7.63. The summed E-state index contributed by atoms with van der Waals surface area (Å²) in [5.41, 5.74) is 3.39. The van der Waals surface area contributed by atoms with Crippen LogP contribution < -0.4 is 5.32 Å². The van der Waals surface area contributed by atoms with Gasteiger partial charge < -0.3 is 10.4 Å². The number of carbonyl (C=O) groups excluding carboxylic acids is 1. The van der Waals surface area contributed by atoms with Crippen molar-refractivity contribution in [2.75, 3.05) is 13.2 Å². The summed E-state index contributed by atoms with van der Waals surface area (Å²) in [6.45, 7) is 0.731. The Balaban J connectivity index is 1.57. The van der Waals surface area contributed by atoms with Crippen LogP contribution in [0, 0.1) is 0 Å². The number of aliphatic hydroxyl groups excluding tert-OH is 1. The molecule has 1 atom stereocenters. The number of hydrogen-bond donors (Lipinski definition) is 2. The van der Waals surface area contributed by atoms with E-state index in [1.54, 1.807) is 23.5 Å². The average Bonchev–Trinajstić information content (AvgIpc) is 3.24. The normalized spacial score (nSPS) is 12.4. The van der Waals surface area contributed by atoms with Crippen LogP contribution in [-0.2, 0) is 0 Å². The first-order valence-electron chi connectivity index (χ1n) is 7.41. The van der Waals surface area contributed by atoms with Gasteiger partial charge in [0.2, 0.25) is 0 Å². The Hall–Kier alpha value is -1.83. The summed E-state index contributed by atoms with van der Waals surface area (Å²) in [5.74, 6) is 0.171. The molecule has 1 aromatic carbocycles. The average molecular weight is 347 g/mol. The molecule has 2 N–H and O–H groups in total. The molecule has 3 aromatic rings. The standard InChI is InChI=1S/C16H17N3O2S2/c20-7-4-11(13-5-8-22-10-13)3-6-17-16(21)12-1-2-14-15(9-12)19-23-18-14/h1-2,5,8-11,20H,3-4,6-7H2,(H,17,21)/t11-/m0/s1. The molecule has 0 aliphatic rings. The first kappa shape index (κ1) is 16.0. The van der Waals surface area contributed by atoms with Crippen molar-refractivity contribution in [3.05, 3.63) is 46.2 Å². The van der Waals surface area contributed by atoms with Crippen molar-refractivity contribution in [1.29, 1.82) is 0 Å². The molecule has 0 aliphatic carbocycles. The van der Waals surface area contributed by atoms with Gasteiger partial charge in [-0.05, 0) is 59.3 Å². The molecule has 3 rings (SSSR count). The first-order valence-corrected chi connectivity index (χ1v) is 9.08. The predicted octanol–water partition coefficient (Wildman–Crippen LogP) is 3.04. The maximum Gasteiger partial charge on any atom is 0.251 e. The molecular formula is C16H17N3O2S2. The maximum atomic E-state index is 12.2. The zero-order chi connectivity index (χ0) is 16.1. The fourth-order valence-corrected chi connectivity index (χ4v) is 3.79. The molecule has 0 radical (unpaired) electrons. The lowest BCUT2D eigenvalue weighted by atomic mass is 9.95. The number of thiophene rings is 1. The Kier molecular flexibility index (Phi) is 5.32. The van der Waals surface area contributed by atoms with Crippen molar-refractivity contribution in [2.24, 2.45) is 0 Å². The molecule has 0 aliphatic heterocycles. The predicted molar refractivity (Wildman–Crippen MR) is 93.1 cm³/mol. The van der Waals surface area contributed by atoms with Gasteiger partial charge in [-0.15, -0.1) is 0 Å². The quantitative estimate of drug-likeness (QED) is 0.689. The van der Waals surface area contributed by atoms with Crippen LogP contribution >= 0.6 is 23.1 Å². The Morgan fingerprint density at radius 3 is 2.87 bits per heavy atom. The Morgan fingerprint density at radius 2 is 2.09 bits per heavy atom. The van der Waals surface area contributed by atoms with Gasteiger partial charge in [0.1, 0.15) is 11.0 Å². The van der Waals surface area contributed by atoms with Crippen molar-refractivity contribution in [3.8, 4) is 0 Å². The van der Waals surface area contributed by atoms with Gasteiger partial charge in [0, 0.05) is 18.7 Å². The Morgan fingerprint density at radius 1 is 1.22 bits per heavy atom. The van der Waals surface area contributed by atoms with Gasteiger partial charge in [0.25, 0.3) is 5.91 Å². The molecule has 0 spiro atoms. The summed E-state index contributed by atoms with van der Waals surface area (Å²) in [6, 6.07) is 7.42. The van der Waals surface area contributed by atoms with Crippen LogP contribution in [0.15, 0.2) is 35.0 Å². The summed E-state index contributed by atoms with van der Waals surface area (Å²) in [4.78, 5) is 12.2. The van der Waals surface area contributed by atoms with Gasteiger partial charge in [-0.25, -0.2) is 0 Å². The summed E-state index contributed by atoms with van der Waals surface area (Å²) in [7, 11) is 0. The second-order valence-electron chi connectivity index (χ2n) is 5.28. The van der Waals surface area contributed by atoms with Gasteiger partial charge in [0.05, 0.1) is 11.7 Å². The zero-order valence-electron chi connectivity index (χ0n) is 12.4. The maximum absolute atomic E-state index is 12.2. The van der Waals surface area contributed by atoms with E-state index in [2.05, 4.69) is 25.5 Å². The van der Waals surface area contributed by atoms with Crippen molar-refractivity contribution < 1.29 is 9.90 Å². The summed E-state index contributed by atoms with van der Waals surface area (Å²) in [6.07, 6.45) is 1.52. The number of carbonyl (C=O) groups is 1. The van der Waals surface area contributed by atoms with Gasteiger partial charge in [-0.1, -0.05) is 0 Å². The van der Waals surface area contributed by atoms with E-state index < -0.39 is 0 Å². The minimum absolute atomic E-state index is 0.104. The third-order valence-electron chi connectivity index (χ3n) is 3.79. The van der Waals surface area contributed by atoms with E-state index in [0.717, 1.165) is 29.2 Å². The molecule has 2 heterocycles. The van der Waals surface area contributed by atoms with Crippen molar-refractivity contribution in [2.45, 2.75) is 18.8 Å². The molecular weight excluding hydrogens is 330 g/mol. The van der Waals surface area contributed by atoms with Crippen LogP contribution in [-0.4, -0.2) is 32.9 Å². The molecule has 7 heteroatoms. The highest BCUT2D eigenvalue weighted by Gasteiger charge is 2.13. The Bertz CT molecular complexity index is 771. The van der Waals surface area contributed by atoms with Crippen LogP contribution in [0.5, 0.6) is 0 Å². The van der Waals surface area contributed by atoms with E-state index in [1.807, 2.05) is 11.4 Å². The van der Waals surface area contributed by atoms with E-state index in [0.29, 0.717) is 18.5 Å². The summed E-state index contributed by atoms with van der Waals surface area (Å²) in [5, 5.41) is 16.3. The molecule has 0 bridgehead atoms. The first-order chi connectivity index (χ1) is 11.3. The second-order valence-corrected chi connectivity index (χ2v) is 6.59. The minimum atomic E-state index is -0.104. The number of benzene rings is 1. The molecule has 0 saturated heterocycles. The fraction of sp³-hybridized carbons (Fsp3) is 0.312. The van der Waals surface area contributed by atoms with E-state index in [-0.39, 0.29) is 18.4 Å². The molecule has 23 heavy (non-hydrogen) atoms. The topological polar surface area (TPSA) is 75.1 Å². The number of nitrogens with one attached hydrogen (secondary N) is 1. The molecule has 5 nitrogen and oxygen atoms in total. The molecule has 2 aromatic heterocycles. The van der Waals surface area contributed by atoms with Gasteiger partial charge in [-0.3, -0.25) is 4.79 Å². The number of amides is 1. The monoisotopic (exact) mass is 347 g/mol. The molecule has 0 unspecified atom stereocenters. The molecule has 0 saturated carbocycles. The van der Waals surface area contributed by atoms with Crippen molar-refractivity contribution >= 4 is 40.0 Å². The number of aliphatic hydroxyl groups is 1. The number of hydrogen-bond acceptors (Lipinski definition) is 6. The van der Waals surface area contributed by atoms with Crippen LogP contribution in [0.4, 0.5) is 0 Å². The van der Waals surface area contributed by atoms with Crippen LogP contribution in [0.3, 0.4) is 0 Å². The number of rotatable bonds is 7. The smallest absolute Gasteiger partial charge is 0.251 e. The fourth-order valence-electron chi connectivity index (χ4n) is 2.53. The highest BCUT2D eigenvalue weighted by Crippen LogP contribution is 2.24. The number of fused-ring (bicyclic) bond motifs is 1. The lowest BCUT2D eigenvalue weighted by Crippen LogP contribution is -2.25. The highest BCUT2D eigenvalue weighted by atomic mass is 32.1. The lowest BCUT2D eigenvalue weighted by Gasteiger charge is -2.15. The lowest BCUT2D eigenvalue weighted by molar-refractivity contribution is 0.0952. The highest BCUT2D eigenvalue weighted by molar-refractivity contribution is 7.08. The minimum Gasteiger partial charge on any atom is -0.396 e.